The van der Waals surface area contributed by atoms with Crippen LogP contribution in [0.2, 0.25) is 0 Å². The van der Waals surface area contributed by atoms with Crippen molar-refractivity contribution in [3.63, 3.8) is 0 Å². The van der Waals surface area contributed by atoms with E-state index in [1.54, 1.807) is 0 Å². The molecule has 0 heterocycles. The number of hydrogen-bond donors (Lipinski definition) is 2. The van der Waals surface area contributed by atoms with Crippen molar-refractivity contribution in [1.82, 2.24) is 5.32 Å². The van der Waals surface area contributed by atoms with Gasteiger partial charge in [-0.25, -0.2) is 8.78 Å². The van der Waals surface area contributed by atoms with Gasteiger partial charge in [-0.15, -0.1) is 0 Å². The lowest BCUT2D eigenvalue weighted by Gasteiger charge is -2.33. The van der Waals surface area contributed by atoms with E-state index in [-0.39, 0.29) is 6.04 Å². The summed E-state index contributed by atoms with van der Waals surface area (Å²) in [6, 6.07) is 0.189. The molecule has 0 aliphatic heterocycles. The van der Waals surface area contributed by atoms with Crippen molar-refractivity contribution in [2.45, 2.75) is 45.1 Å². The number of rotatable bonds is 4. The highest BCUT2D eigenvalue weighted by Crippen LogP contribution is 2.29. The second-order valence-corrected chi connectivity index (χ2v) is 4.86. The van der Waals surface area contributed by atoms with E-state index in [0.29, 0.717) is 11.8 Å². The third kappa shape index (κ3) is 4.03. The van der Waals surface area contributed by atoms with Gasteiger partial charge in [-0.1, -0.05) is 13.8 Å². The fourth-order valence-corrected chi connectivity index (χ4v) is 2.08. The van der Waals surface area contributed by atoms with E-state index in [4.69, 9.17) is 5.11 Å². The molecule has 0 aromatic carbocycles. The van der Waals surface area contributed by atoms with Gasteiger partial charge in [0.05, 0.1) is 6.54 Å². The summed E-state index contributed by atoms with van der Waals surface area (Å²) >= 11 is 0. The van der Waals surface area contributed by atoms with Crippen LogP contribution in [-0.2, 0) is 0 Å². The Morgan fingerprint density at radius 3 is 2.47 bits per heavy atom. The van der Waals surface area contributed by atoms with Gasteiger partial charge in [-0.2, -0.15) is 0 Å². The van der Waals surface area contributed by atoms with Crippen LogP contribution in [0.15, 0.2) is 0 Å². The quantitative estimate of drug-likeness (QED) is 0.761. The van der Waals surface area contributed by atoms with Gasteiger partial charge in [-0.3, -0.25) is 0 Å². The lowest BCUT2D eigenvalue weighted by atomic mass is 9.79. The first-order chi connectivity index (χ1) is 6.94. The smallest absolute Gasteiger partial charge is 0.282 e. The molecule has 0 saturated heterocycles. The van der Waals surface area contributed by atoms with Crippen LogP contribution in [0, 0.1) is 11.8 Å². The van der Waals surface area contributed by atoms with Crippen molar-refractivity contribution in [2.24, 2.45) is 11.8 Å². The van der Waals surface area contributed by atoms with E-state index < -0.39 is 19.1 Å². The molecule has 0 amide bonds. The molecule has 2 nitrogen and oxygen atoms in total. The maximum atomic E-state index is 12.8. The number of aliphatic hydroxyl groups is 1. The third-order valence-electron chi connectivity index (χ3n) is 3.48. The molecular weight excluding hydrogens is 200 g/mol. The largest absolute Gasteiger partial charge is 0.390 e. The summed E-state index contributed by atoms with van der Waals surface area (Å²) in [6.45, 7) is 2.90. The fraction of sp³-hybridized carbons (Fsp3) is 1.00. The molecule has 0 bridgehead atoms. The lowest BCUT2D eigenvalue weighted by molar-refractivity contribution is -0.0506. The molecule has 3 unspecified atom stereocenters. The zero-order chi connectivity index (χ0) is 11.5. The molecule has 1 rings (SSSR count). The molecule has 2 N–H and O–H groups in total. The Morgan fingerprint density at radius 1 is 1.27 bits per heavy atom. The van der Waals surface area contributed by atoms with Gasteiger partial charge in [0.2, 0.25) is 0 Å². The van der Waals surface area contributed by atoms with E-state index >= 15 is 0 Å². The Morgan fingerprint density at radius 2 is 1.93 bits per heavy atom. The van der Waals surface area contributed by atoms with Gasteiger partial charge >= 0.3 is 0 Å². The Bertz CT molecular complexity index is 199. The first-order valence-corrected chi connectivity index (χ1v) is 5.66. The van der Waals surface area contributed by atoms with Crippen LogP contribution in [0.5, 0.6) is 0 Å². The standard InChI is InChI=1S/C11H21F2NO/c1-8-3-4-10(5-9(8)2)14-6-11(12,13)7-15/h8-10,14-15H,3-7H2,1-2H3. The van der Waals surface area contributed by atoms with Crippen LogP contribution in [0.3, 0.4) is 0 Å². The first-order valence-electron chi connectivity index (χ1n) is 5.66. The van der Waals surface area contributed by atoms with Crippen LogP contribution in [0.1, 0.15) is 33.1 Å². The van der Waals surface area contributed by atoms with Gasteiger partial charge in [0, 0.05) is 6.04 Å². The normalized spacial score (nSPS) is 33.0. The molecule has 0 radical (unpaired) electrons. The van der Waals surface area contributed by atoms with Crippen LogP contribution in [0.25, 0.3) is 0 Å². The van der Waals surface area contributed by atoms with Gasteiger partial charge in [0.15, 0.2) is 0 Å². The molecule has 90 valence electrons. The number of aliphatic hydroxyl groups excluding tert-OH is 1. The van der Waals surface area contributed by atoms with E-state index in [2.05, 4.69) is 19.2 Å². The highest BCUT2D eigenvalue weighted by atomic mass is 19.3. The van der Waals surface area contributed by atoms with Gasteiger partial charge in [0.25, 0.3) is 5.92 Å². The third-order valence-corrected chi connectivity index (χ3v) is 3.48. The van der Waals surface area contributed by atoms with Crippen LogP contribution >= 0.6 is 0 Å². The predicted octanol–water partition coefficient (Wildman–Crippen LogP) is 2.03. The average molecular weight is 221 g/mol. The van der Waals surface area contributed by atoms with E-state index in [0.717, 1.165) is 19.3 Å². The number of nitrogens with one attached hydrogen (secondary N) is 1. The van der Waals surface area contributed by atoms with Crippen molar-refractivity contribution in [3.8, 4) is 0 Å². The summed E-state index contributed by atoms with van der Waals surface area (Å²) in [5.74, 6) is -1.69. The Labute approximate surface area is 90.1 Å². The summed E-state index contributed by atoms with van der Waals surface area (Å²) in [5, 5.41) is 11.3. The number of alkyl halides is 2. The first kappa shape index (κ1) is 12.8. The number of halogens is 2. The molecule has 4 heteroatoms. The minimum atomic E-state index is -2.98. The highest BCUT2D eigenvalue weighted by molar-refractivity contribution is 4.81. The second kappa shape index (κ2) is 5.21. The van der Waals surface area contributed by atoms with Crippen molar-refractivity contribution in [1.29, 1.82) is 0 Å². The average Bonchev–Trinajstić information content (AvgIpc) is 2.20. The molecule has 15 heavy (non-hydrogen) atoms. The van der Waals surface area contributed by atoms with Crippen molar-refractivity contribution >= 4 is 0 Å². The van der Waals surface area contributed by atoms with E-state index in [1.165, 1.54) is 0 Å². The summed E-state index contributed by atoms with van der Waals surface area (Å²) in [5.41, 5.74) is 0. The zero-order valence-corrected chi connectivity index (χ0v) is 9.47. The minimum absolute atomic E-state index is 0.189. The minimum Gasteiger partial charge on any atom is -0.390 e. The van der Waals surface area contributed by atoms with Crippen LogP contribution < -0.4 is 5.32 Å². The molecule has 1 fully saturated rings. The highest BCUT2D eigenvalue weighted by Gasteiger charge is 2.30. The molecule has 3 atom stereocenters. The van der Waals surface area contributed by atoms with Crippen molar-refractivity contribution in [2.75, 3.05) is 13.2 Å². The molecule has 1 aliphatic carbocycles. The Balaban J connectivity index is 2.28. The number of hydrogen-bond acceptors (Lipinski definition) is 2. The van der Waals surface area contributed by atoms with E-state index in [1.807, 2.05) is 0 Å². The monoisotopic (exact) mass is 221 g/mol. The molecular formula is C11H21F2NO. The second-order valence-electron chi connectivity index (χ2n) is 4.86. The lowest BCUT2D eigenvalue weighted by Crippen LogP contribution is -2.43. The summed E-state index contributed by atoms with van der Waals surface area (Å²) in [7, 11) is 0. The summed E-state index contributed by atoms with van der Waals surface area (Å²) in [4.78, 5) is 0. The van der Waals surface area contributed by atoms with Crippen molar-refractivity contribution < 1.29 is 13.9 Å². The molecule has 0 aromatic heterocycles. The summed E-state index contributed by atoms with van der Waals surface area (Å²) < 4.78 is 25.5. The maximum Gasteiger partial charge on any atom is 0.282 e. The maximum absolute atomic E-state index is 12.8. The molecule has 0 aromatic rings. The van der Waals surface area contributed by atoms with E-state index in [9.17, 15) is 8.78 Å². The molecule has 0 spiro atoms. The van der Waals surface area contributed by atoms with Gasteiger partial charge < -0.3 is 10.4 Å². The van der Waals surface area contributed by atoms with Gasteiger partial charge in [0.1, 0.15) is 6.61 Å². The fourth-order valence-electron chi connectivity index (χ4n) is 2.08. The Kier molecular flexibility index (Phi) is 4.46. The SMILES string of the molecule is CC1CCC(NCC(F)(F)CO)CC1C. The van der Waals surface area contributed by atoms with Crippen molar-refractivity contribution in [3.05, 3.63) is 0 Å². The Hall–Kier alpha value is -0.220. The van der Waals surface area contributed by atoms with Crippen LogP contribution in [-0.4, -0.2) is 30.2 Å². The topological polar surface area (TPSA) is 32.3 Å². The molecule has 1 aliphatic rings. The zero-order valence-electron chi connectivity index (χ0n) is 9.47. The van der Waals surface area contributed by atoms with Crippen LogP contribution in [0.4, 0.5) is 8.78 Å². The predicted molar refractivity (Wildman–Crippen MR) is 56.0 cm³/mol. The molecule has 1 saturated carbocycles. The van der Waals surface area contributed by atoms with Gasteiger partial charge in [-0.05, 0) is 31.1 Å². The summed E-state index contributed by atoms with van der Waals surface area (Å²) in [6.07, 6.45) is 3.03.